The Morgan fingerprint density at radius 1 is 1.10 bits per heavy atom. The number of hydrogen-bond acceptors (Lipinski definition) is 5. The predicted molar refractivity (Wildman–Crippen MR) is 126 cm³/mol. The zero-order valence-electron chi connectivity index (χ0n) is 16.8. The molecule has 0 unspecified atom stereocenters. The van der Waals surface area contributed by atoms with Crippen molar-refractivity contribution in [2.24, 2.45) is 0 Å². The quantitative estimate of drug-likeness (QED) is 0.310. The van der Waals surface area contributed by atoms with Gasteiger partial charge in [0.15, 0.2) is 0 Å². The number of carbonyl (C=O) groups is 2. The van der Waals surface area contributed by atoms with Crippen LogP contribution in [0.25, 0.3) is 17.2 Å². The van der Waals surface area contributed by atoms with Crippen LogP contribution in [0.15, 0.2) is 53.9 Å². The molecule has 3 aromatic rings. The summed E-state index contributed by atoms with van der Waals surface area (Å²) >= 11 is 13.2. The molecule has 1 aromatic heterocycles. The lowest BCUT2D eigenvalue weighted by molar-refractivity contribution is -0.111. The van der Waals surface area contributed by atoms with E-state index in [2.05, 4.69) is 5.32 Å². The molecule has 0 aliphatic rings. The van der Waals surface area contributed by atoms with Crippen molar-refractivity contribution in [3.8, 4) is 16.9 Å². The van der Waals surface area contributed by atoms with Crippen LogP contribution in [0.1, 0.15) is 22.8 Å². The van der Waals surface area contributed by atoms with Gasteiger partial charge in [0.25, 0.3) is 0 Å². The number of halogens is 2. The minimum atomic E-state index is -0.502. The van der Waals surface area contributed by atoms with E-state index in [0.29, 0.717) is 31.9 Å². The molecule has 31 heavy (non-hydrogen) atoms. The minimum Gasteiger partial charge on any atom is -0.497 e. The molecule has 0 saturated heterocycles. The Morgan fingerprint density at radius 2 is 1.84 bits per heavy atom. The van der Waals surface area contributed by atoms with Gasteiger partial charge in [0.05, 0.1) is 23.8 Å². The topological polar surface area (TPSA) is 64.6 Å². The number of hydrogen-bond donors (Lipinski definition) is 1. The molecule has 0 saturated carbocycles. The molecule has 5 nitrogen and oxygen atoms in total. The highest BCUT2D eigenvalue weighted by Crippen LogP contribution is 2.37. The number of carbonyl (C=O) groups excluding carboxylic acids is 2. The van der Waals surface area contributed by atoms with Crippen LogP contribution in [-0.2, 0) is 9.53 Å². The van der Waals surface area contributed by atoms with Crippen molar-refractivity contribution in [1.82, 2.24) is 0 Å². The van der Waals surface area contributed by atoms with Crippen molar-refractivity contribution in [2.45, 2.75) is 6.92 Å². The van der Waals surface area contributed by atoms with E-state index >= 15 is 0 Å². The molecule has 0 aliphatic heterocycles. The SMILES string of the molecule is CCOC(=O)c1c(-c2ccc(OC)cc2)csc1NC(=O)C=Cc1ccc(Cl)c(Cl)c1. The van der Waals surface area contributed by atoms with Gasteiger partial charge >= 0.3 is 5.97 Å². The first-order valence-electron chi connectivity index (χ1n) is 9.30. The smallest absolute Gasteiger partial charge is 0.341 e. The summed E-state index contributed by atoms with van der Waals surface area (Å²) in [6.07, 6.45) is 2.97. The van der Waals surface area contributed by atoms with Crippen LogP contribution in [0.3, 0.4) is 0 Å². The van der Waals surface area contributed by atoms with Gasteiger partial charge in [-0.2, -0.15) is 0 Å². The third-order valence-electron chi connectivity index (χ3n) is 4.28. The van der Waals surface area contributed by atoms with E-state index in [1.807, 2.05) is 17.5 Å². The van der Waals surface area contributed by atoms with Crippen LogP contribution in [-0.4, -0.2) is 25.6 Å². The van der Waals surface area contributed by atoms with Crippen molar-refractivity contribution in [3.05, 3.63) is 75.1 Å². The number of benzene rings is 2. The summed E-state index contributed by atoms with van der Waals surface area (Å²) < 4.78 is 10.4. The number of thiophene rings is 1. The number of ether oxygens (including phenoxy) is 2. The Morgan fingerprint density at radius 3 is 2.48 bits per heavy atom. The molecule has 8 heteroatoms. The Hall–Kier alpha value is -2.80. The molecule has 1 amide bonds. The van der Waals surface area contributed by atoms with Crippen LogP contribution in [0.4, 0.5) is 5.00 Å². The average Bonchev–Trinajstić information content (AvgIpc) is 3.18. The predicted octanol–water partition coefficient (Wildman–Crippen LogP) is 6.56. The maximum atomic E-state index is 12.6. The van der Waals surface area contributed by atoms with E-state index in [1.54, 1.807) is 50.4 Å². The number of amides is 1. The number of rotatable bonds is 7. The zero-order chi connectivity index (χ0) is 22.4. The third kappa shape index (κ3) is 5.67. The van der Waals surface area contributed by atoms with Gasteiger partial charge in [0.2, 0.25) is 5.91 Å². The van der Waals surface area contributed by atoms with E-state index < -0.39 is 5.97 Å². The number of esters is 1. The fourth-order valence-electron chi connectivity index (χ4n) is 2.78. The first kappa shape index (κ1) is 22.9. The van der Waals surface area contributed by atoms with E-state index in [-0.39, 0.29) is 12.5 Å². The summed E-state index contributed by atoms with van der Waals surface area (Å²) in [7, 11) is 1.59. The van der Waals surface area contributed by atoms with Gasteiger partial charge in [-0.25, -0.2) is 4.79 Å². The highest BCUT2D eigenvalue weighted by molar-refractivity contribution is 7.15. The summed E-state index contributed by atoms with van der Waals surface area (Å²) in [6, 6.07) is 12.4. The largest absolute Gasteiger partial charge is 0.497 e. The Kier molecular flexibility index (Phi) is 7.74. The molecule has 2 aromatic carbocycles. The summed E-state index contributed by atoms with van der Waals surface area (Å²) in [5.41, 5.74) is 2.52. The van der Waals surface area contributed by atoms with E-state index in [9.17, 15) is 9.59 Å². The average molecular weight is 476 g/mol. The molecular weight excluding hydrogens is 457 g/mol. The zero-order valence-corrected chi connectivity index (χ0v) is 19.1. The molecule has 0 aliphatic carbocycles. The van der Waals surface area contributed by atoms with Crippen molar-refractivity contribution in [1.29, 1.82) is 0 Å². The standard InChI is InChI=1S/C23H19Cl2NO4S/c1-3-30-23(28)21-17(15-6-8-16(29-2)9-7-15)13-31-22(21)26-20(27)11-5-14-4-10-18(24)19(25)12-14/h4-13H,3H2,1-2H3,(H,26,27). The van der Waals surface area contributed by atoms with Gasteiger partial charge in [0, 0.05) is 17.0 Å². The molecule has 0 spiro atoms. The Balaban J connectivity index is 1.86. The number of anilines is 1. The monoisotopic (exact) mass is 475 g/mol. The van der Waals surface area contributed by atoms with Crippen molar-refractivity contribution < 1.29 is 19.1 Å². The summed E-state index contributed by atoms with van der Waals surface area (Å²) in [4.78, 5) is 25.1. The second-order valence-electron chi connectivity index (χ2n) is 6.30. The summed E-state index contributed by atoms with van der Waals surface area (Å²) in [6.45, 7) is 1.96. The molecule has 1 heterocycles. The first-order valence-corrected chi connectivity index (χ1v) is 10.9. The van der Waals surface area contributed by atoms with Crippen LogP contribution < -0.4 is 10.1 Å². The number of methoxy groups -OCH3 is 1. The lowest BCUT2D eigenvalue weighted by atomic mass is 10.0. The van der Waals surface area contributed by atoms with E-state index in [4.69, 9.17) is 32.7 Å². The first-order chi connectivity index (χ1) is 14.9. The molecular formula is C23H19Cl2NO4S. The summed E-state index contributed by atoms with van der Waals surface area (Å²) in [5.74, 6) is -0.185. The molecule has 3 rings (SSSR count). The third-order valence-corrected chi connectivity index (χ3v) is 5.91. The van der Waals surface area contributed by atoms with Gasteiger partial charge < -0.3 is 14.8 Å². The van der Waals surface area contributed by atoms with Gasteiger partial charge in [-0.15, -0.1) is 11.3 Å². The van der Waals surface area contributed by atoms with Gasteiger partial charge in [-0.3, -0.25) is 4.79 Å². The maximum absolute atomic E-state index is 12.6. The van der Waals surface area contributed by atoms with E-state index in [0.717, 1.165) is 11.1 Å². The molecule has 0 radical (unpaired) electrons. The minimum absolute atomic E-state index is 0.224. The molecule has 0 fully saturated rings. The van der Waals surface area contributed by atoms with Crippen molar-refractivity contribution >= 4 is 57.5 Å². The van der Waals surface area contributed by atoms with Gasteiger partial charge in [0.1, 0.15) is 16.3 Å². The highest BCUT2D eigenvalue weighted by Gasteiger charge is 2.22. The molecule has 160 valence electrons. The van der Waals surface area contributed by atoms with E-state index in [1.165, 1.54) is 17.4 Å². The second kappa shape index (κ2) is 10.5. The molecule has 0 bridgehead atoms. The highest BCUT2D eigenvalue weighted by atomic mass is 35.5. The normalized spacial score (nSPS) is 10.8. The Bertz CT molecular complexity index is 1120. The fraction of sp³-hybridized carbons (Fsp3) is 0.130. The van der Waals surface area contributed by atoms with Crippen LogP contribution >= 0.6 is 34.5 Å². The van der Waals surface area contributed by atoms with Crippen LogP contribution in [0, 0.1) is 0 Å². The summed E-state index contributed by atoms with van der Waals surface area (Å²) in [5, 5.41) is 5.83. The molecule has 1 N–H and O–H groups in total. The lowest BCUT2D eigenvalue weighted by Gasteiger charge is -2.08. The lowest BCUT2D eigenvalue weighted by Crippen LogP contribution is -2.12. The van der Waals surface area contributed by atoms with Gasteiger partial charge in [-0.05, 0) is 48.4 Å². The molecule has 0 atom stereocenters. The Labute approximate surface area is 194 Å². The van der Waals surface area contributed by atoms with Crippen molar-refractivity contribution in [2.75, 3.05) is 19.0 Å². The van der Waals surface area contributed by atoms with Crippen molar-refractivity contribution in [3.63, 3.8) is 0 Å². The second-order valence-corrected chi connectivity index (χ2v) is 7.99. The maximum Gasteiger partial charge on any atom is 0.341 e. The number of nitrogens with one attached hydrogen (secondary N) is 1. The fourth-order valence-corrected chi connectivity index (χ4v) is 4.05. The van der Waals surface area contributed by atoms with Gasteiger partial charge in [-0.1, -0.05) is 41.4 Å². The van der Waals surface area contributed by atoms with Crippen LogP contribution in [0.2, 0.25) is 10.0 Å². The van der Waals surface area contributed by atoms with Crippen LogP contribution in [0.5, 0.6) is 5.75 Å².